The molecule has 2 aromatic rings. The third-order valence-electron chi connectivity index (χ3n) is 5.11. The summed E-state index contributed by atoms with van der Waals surface area (Å²) in [7, 11) is 1.98. The maximum Gasteiger partial charge on any atom is 0.193 e. The number of nitrogens with zero attached hydrogens (tertiary/aromatic N) is 5. The number of hydrogen-bond donors (Lipinski definition) is 1. The van der Waals surface area contributed by atoms with Crippen LogP contribution in [0.1, 0.15) is 50.4 Å². The van der Waals surface area contributed by atoms with Gasteiger partial charge in [-0.1, -0.05) is 20.8 Å². The number of halogens is 1. The van der Waals surface area contributed by atoms with E-state index in [1.54, 1.807) is 11.3 Å². The third kappa shape index (κ3) is 6.94. The summed E-state index contributed by atoms with van der Waals surface area (Å²) in [6.07, 6.45) is 7.32. The minimum atomic E-state index is 0. The third-order valence-corrected chi connectivity index (χ3v) is 6.02. The number of likely N-dealkylation sites (tertiary alicyclic amines) is 1. The molecule has 0 bridgehead atoms. The summed E-state index contributed by atoms with van der Waals surface area (Å²) >= 11 is 1.76. The van der Waals surface area contributed by atoms with E-state index in [0.717, 1.165) is 45.0 Å². The zero-order chi connectivity index (χ0) is 20.1. The monoisotopic (exact) mass is 530 g/mol. The standard InChI is InChI=1S/C21H34N6S.HI/c1-6-22-20(23-9-7-19-25-18(15-28-19)21(2,3)4)27-10-8-16(14-27)11-17-12-24-26(5)13-17;/h12-13,15-16H,6-11,14H2,1-5H3,(H,22,23);1H. The maximum absolute atomic E-state index is 4.89. The summed E-state index contributed by atoms with van der Waals surface area (Å²) < 4.78 is 1.89. The van der Waals surface area contributed by atoms with Gasteiger partial charge in [-0.2, -0.15) is 5.10 Å². The summed E-state index contributed by atoms with van der Waals surface area (Å²) in [5.74, 6) is 1.71. The van der Waals surface area contributed by atoms with Crippen LogP contribution in [0.15, 0.2) is 22.8 Å². The molecule has 1 unspecified atom stereocenters. The number of guanidine groups is 1. The van der Waals surface area contributed by atoms with Crippen molar-refractivity contribution >= 4 is 41.3 Å². The van der Waals surface area contributed by atoms with E-state index >= 15 is 0 Å². The van der Waals surface area contributed by atoms with E-state index in [2.05, 4.69) is 54.6 Å². The van der Waals surface area contributed by atoms with E-state index in [4.69, 9.17) is 9.98 Å². The highest BCUT2D eigenvalue weighted by atomic mass is 127. The Bertz CT molecular complexity index is 791. The summed E-state index contributed by atoms with van der Waals surface area (Å²) in [6.45, 7) is 12.6. The predicted octanol–water partition coefficient (Wildman–Crippen LogP) is 3.86. The number of aliphatic imine (C=N–C) groups is 1. The van der Waals surface area contributed by atoms with Crippen LogP contribution in [0.5, 0.6) is 0 Å². The second kappa shape index (κ2) is 10.7. The quantitative estimate of drug-likeness (QED) is 0.350. The molecule has 6 nitrogen and oxygen atoms in total. The van der Waals surface area contributed by atoms with E-state index < -0.39 is 0 Å². The molecule has 1 aliphatic heterocycles. The van der Waals surface area contributed by atoms with Gasteiger partial charge < -0.3 is 10.2 Å². The molecule has 1 aliphatic rings. The first-order valence-corrected chi connectivity index (χ1v) is 11.2. The molecule has 2 aromatic heterocycles. The zero-order valence-electron chi connectivity index (χ0n) is 18.3. The largest absolute Gasteiger partial charge is 0.357 e. The smallest absolute Gasteiger partial charge is 0.193 e. The molecule has 162 valence electrons. The van der Waals surface area contributed by atoms with Crippen molar-refractivity contribution in [2.45, 2.75) is 52.4 Å². The first-order chi connectivity index (χ1) is 13.3. The van der Waals surface area contributed by atoms with Crippen LogP contribution in [0.2, 0.25) is 0 Å². The van der Waals surface area contributed by atoms with Crippen LogP contribution in [0.25, 0.3) is 0 Å². The van der Waals surface area contributed by atoms with Crippen LogP contribution in [0.4, 0.5) is 0 Å². The van der Waals surface area contributed by atoms with Crippen molar-refractivity contribution in [2.24, 2.45) is 18.0 Å². The molecule has 0 amide bonds. The maximum atomic E-state index is 4.89. The molecular formula is C21H35IN6S. The Kier molecular flexibility index (Phi) is 8.93. The van der Waals surface area contributed by atoms with Gasteiger partial charge in [-0.05, 0) is 31.2 Å². The number of rotatable bonds is 6. The molecule has 0 aliphatic carbocycles. The Morgan fingerprint density at radius 2 is 2.17 bits per heavy atom. The van der Waals surface area contributed by atoms with E-state index in [9.17, 15) is 0 Å². The fourth-order valence-corrected chi connectivity index (χ4v) is 4.57. The number of nitrogens with one attached hydrogen (secondary N) is 1. The molecule has 1 atom stereocenters. The van der Waals surface area contributed by atoms with Gasteiger partial charge in [0, 0.05) is 56.6 Å². The SMILES string of the molecule is CCNC(=NCCc1nc(C(C)(C)C)cs1)N1CCC(Cc2cnn(C)c2)C1.I. The van der Waals surface area contributed by atoms with Crippen molar-refractivity contribution in [3.05, 3.63) is 34.0 Å². The van der Waals surface area contributed by atoms with Crippen LogP contribution < -0.4 is 5.32 Å². The number of hydrogen-bond acceptors (Lipinski definition) is 4. The fraction of sp³-hybridized carbons (Fsp3) is 0.667. The molecule has 3 heterocycles. The lowest BCUT2D eigenvalue weighted by molar-refractivity contribution is 0.460. The van der Waals surface area contributed by atoms with E-state index in [0.29, 0.717) is 5.92 Å². The van der Waals surface area contributed by atoms with Crippen LogP contribution in [0.3, 0.4) is 0 Å². The molecule has 1 N–H and O–H groups in total. The minimum absolute atomic E-state index is 0. The topological polar surface area (TPSA) is 58.3 Å². The Labute approximate surface area is 196 Å². The van der Waals surface area contributed by atoms with Crippen molar-refractivity contribution < 1.29 is 0 Å². The average molecular weight is 531 g/mol. The molecule has 8 heteroatoms. The average Bonchev–Trinajstić information content (AvgIpc) is 3.35. The molecule has 0 spiro atoms. The van der Waals surface area contributed by atoms with Crippen LogP contribution in [0, 0.1) is 5.92 Å². The molecule has 0 radical (unpaired) electrons. The lowest BCUT2D eigenvalue weighted by atomic mass is 9.93. The summed E-state index contributed by atoms with van der Waals surface area (Å²) in [4.78, 5) is 12.1. The van der Waals surface area contributed by atoms with Gasteiger partial charge in [-0.15, -0.1) is 35.3 Å². The van der Waals surface area contributed by atoms with E-state index in [1.807, 2.05) is 17.9 Å². The van der Waals surface area contributed by atoms with Crippen LogP contribution >= 0.6 is 35.3 Å². The summed E-state index contributed by atoms with van der Waals surface area (Å²) in [5, 5.41) is 11.1. The second-order valence-electron chi connectivity index (χ2n) is 8.69. The molecule has 3 rings (SSSR count). The number of thiazole rings is 1. The van der Waals surface area contributed by atoms with Gasteiger partial charge in [-0.3, -0.25) is 9.67 Å². The molecule has 29 heavy (non-hydrogen) atoms. The summed E-state index contributed by atoms with van der Waals surface area (Å²) in [6, 6.07) is 0. The lowest BCUT2D eigenvalue weighted by Gasteiger charge is -2.21. The molecule has 0 saturated carbocycles. The van der Waals surface area contributed by atoms with Gasteiger partial charge in [0.15, 0.2) is 5.96 Å². The summed E-state index contributed by atoms with van der Waals surface area (Å²) in [5.41, 5.74) is 2.63. The van der Waals surface area contributed by atoms with Crippen molar-refractivity contribution in [1.82, 2.24) is 25.0 Å². The Morgan fingerprint density at radius 3 is 2.79 bits per heavy atom. The molecular weight excluding hydrogens is 495 g/mol. The Hall–Kier alpha value is -1.16. The molecule has 1 fully saturated rings. The van der Waals surface area contributed by atoms with Gasteiger partial charge in [0.05, 0.1) is 16.9 Å². The number of aryl methyl sites for hydroxylation is 1. The van der Waals surface area contributed by atoms with Crippen molar-refractivity contribution in [3.63, 3.8) is 0 Å². The predicted molar refractivity (Wildman–Crippen MR) is 133 cm³/mol. The minimum Gasteiger partial charge on any atom is -0.357 e. The van der Waals surface area contributed by atoms with E-state index in [1.165, 1.54) is 22.7 Å². The highest BCUT2D eigenvalue weighted by Gasteiger charge is 2.25. The van der Waals surface area contributed by atoms with Gasteiger partial charge in [0.2, 0.25) is 0 Å². The van der Waals surface area contributed by atoms with Crippen molar-refractivity contribution in [1.29, 1.82) is 0 Å². The lowest BCUT2D eigenvalue weighted by Crippen LogP contribution is -2.40. The van der Waals surface area contributed by atoms with Gasteiger partial charge >= 0.3 is 0 Å². The second-order valence-corrected chi connectivity index (χ2v) is 9.63. The van der Waals surface area contributed by atoms with Crippen LogP contribution in [-0.2, 0) is 25.3 Å². The first-order valence-electron chi connectivity index (χ1n) is 10.3. The number of aromatic nitrogens is 3. The molecule has 0 aromatic carbocycles. The van der Waals surface area contributed by atoms with Crippen LogP contribution in [-0.4, -0.2) is 51.8 Å². The normalized spacial score (nSPS) is 17.5. The van der Waals surface area contributed by atoms with Gasteiger partial charge in [-0.25, -0.2) is 4.98 Å². The highest BCUT2D eigenvalue weighted by molar-refractivity contribution is 14.0. The van der Waals surface area contributed by atoms with Crippen molar-refractivity contribution in [3.8, 4) is 0 Å². The zero-order valence-corrected chi connectivity index (χ0v) is 21.5. The Morgan fingerprint density at radius 1 is 1.38 bits per heavy atom. The van der Waals surface area contributed by atoms with Gasteiger partial charge in [0.1, 0.15) is 0 Å². The van der Waals surface area contributed by atoms with E-state index in [-0.39, 0.29) is 29.4 Å². The van der Waals surface area contributed by atoms with Gasteiger partial charge in [0.25, 0.3) is 0 Å². The fourth-order valence-electron chi connectivity index (χ4n) is 3.56. The first kappa shape index (κ1) is 24.1. The molecule has 1 saturated heterocycles. The Balaban J connectivity index is 0.00000300. The van der Waals surface area contributed by atoms with Crippen molar-refractivity contribution in [2.75, 3.05) is 26.2 Å². The highest BCUT2D eigenvalue weighted by Crippen LogP contribution is 2.24.